The second-order valence-corrected chi connectivity index (χ2v) is 2.61. The fraction of sp³-hybridized carbons (Fsp3) is 0.300. The highest BCUT2D eigenvalue weighted by Gasteiger charge is 1.96. The molecule has 1 aromatic heterocycles. The fourth-order valence-electron chi connectivity index (χ4n) is 1.11. The molecule has 0 saturated carbocycles. The van der Waals surface area contributed by atoms with Crippen LogP contribution in [-0.2, 0) is 6.42 Å². The van der Waals surface area contributed by atoms with Crippen molar-refractivity contribution in [1.29, 1.82) is 0 Å². The number of aromatic nitrogens is 1. The van der Waals surface area contributed by atoms with Crippen molar-refractivity contribution < 1.29 is 0 Å². The summed E-state index contributed by atoms with van der Waals surface area (Å²) in [6.07, 6.45) is 4.70. The molecule has 0 aliphatic rings. The van der Waals surface area contributed by atoms with E-state index < -0.39 is 0 Å². The third-order valence-electron chi connectivity index (χ3n) is 1.71. The molecule has 0 bridgehead atoms. The Labute approximate surface area is 67.8 Å². The largest absolute Gasteiger partial charge is 0.256 e. The van der Waals surface area contributed by atoms with Gasteiger partial charge in [-0.1, -0.05) is 19.6 Å². The van der Waals surface area contributed by atoms with Crippen molar-refractivity contribution in [3.63, 3.8) is 0 Å². The highest BCUT2D eigenvalue weighted by molar-refractivity contribution is 5.47. The van der Waals surface area contributed by atoms with E-state index in [1.807, 2.05) is 6.20 Å². The average molecular weight is 147 g/mol. The molecule has 0 unspecified atom stereocenters. The molecule has 0 fully saturated rings. The molecule has 58 valence electrons. The second kappa shape index (κ2) is 3.33. The maximum atomic E-state index is 4.25. The Bertz CT molecular complexity index is 264. The molecule has 0 spiro atoms. The molecule has 0 amide bonds. The lowest BCUT2D eigenvalue weighted by molar-refractivity contribution is 1.08. The van der Waals surface area contributed by atoms with Gasteiger partial charge in [-0.3, -0.25) is 4.98 Å². The second-order valence-electron chi connectivity index (χ2n) is 2.61. The third kappa shape index (κ3) is 1.67. The van der Waals surface area contributed by atoms with E-state index in [4.69, 9.17) is 0 Å². The molecular formula is C10H13N. The molecule has 1 heterocycles. The summed E-state index contributed by atoms with van der Waals surface area (Å²) < 4.78 is 0. The van der Waals surface area contributed by atoms with E-state index >= 15 is 0 Å². The van der Waals surface area contributed by atoms with Gasteiger partial charge in [0.15, 0.2) is 0 Å². The molecule has 0 saturated heterocycles. The lowest BCUT2D eigenvalue weighted by atomic mass is 10.1. The van der Waals surface area contributed by atoms with E-state index in [1.165, 1.54) is 11.1 Å². The van der Waals surface area contributed by atoms with Crippen LogP contribution in [0.1, 0.15) is 23.7 Å². The Morgan fingerprint density at radius 2 is 2.36 bits per heavy atom. The van der Waals surface area contributed by atoms with Gasteiger partial charge in [0.25, 0.3) is 0 Å². The monoisotopic (exact) mass is 147 g/mol. The lowest BCUT2D eigenvalue weighted by Crippen LogP contribution is -1.91. The maximum absolute atomic E-state index is 4.25. The molecule has 1 rings (SSSR count). The minimum absolute atomic E-state index is 1.01. The molecule has 0 radical (unpaired) electrons. The van der Waals surface area contributed by atoms with Gasteiger partial charge in [0.1, 0.15) is 0 Å². The van der Waals surface area contributed by atoms with Crippen LogP contribution in [0.15, 0.2) is 18.8 Å². The zero-order valence-corrected chi connectivity index (χ0v) is 7.09. The highest BCUT2D eigenvalue weighted by atomic mass is 14.7. The summed E-state index contributed by atoms with van der Waals surface area (Å²) in [5.41, 5.74) is 3.51. The van der Waals surface area contributed by atoms with Crippen LogP contribution >= 0.6 is 0 Å². The topological polar surface area (TPSA) is 12.9 Å². The first-order valence-electron chi connectivity index (χ1n) is 3.86. The number of hydrogen-bond acceptors (Lipinski definition) is 1. The van der Waals surface area contributed by atoms with Crippen LogP contribution in [-0.4, -0.2) is 4.98 Å². The Morgan fingerprint density at radius 3 is 2.91 bits per heavy atom. The number of rotatable bonds is 2. The predicted molar refractivity (Wildman–Crippen MR) is 48.4 cm³/mol. The Morgan fingerprint density at radius 1 is 1.64 bits per heavy atom. The molecule has 0 aliphatic carbocycles. The van der Waals surface area contributed by atoms with E-state index in [-0.39, 0.29) is 0 Å². The van der Waals surface area contributed by atoms with Gasteiger partial charge < -0.3 is 0 Å². The van der Waals surface area contributed by atoms with Crippen molar-refractivity contribution in [2.24, 2.45) is 0 Å². The number of aryl methyl sites for hydroxylation is 2. The van der Waals surface area contributed by atoms with Gasteiger partial charge in [0.05, 0.1) is 5.69 Å². The quantitative estimate of drug-likeness (QED) is 0.626. The van der Waals surface area contributed by atoms with Crippen LogP contribution in [0.4, 0.5) is 0 Å². The third-order valence-corrected chi connectivity index (χ3v) is 1.71. The molecule has 11 heavy (non-hydrogen) atoms. The SMILES string of the molecule is C=Cc1ncc(C)cc1CC. The molecule has 1 aromatic rings. The van der Waals surface area contributed by atoms with Gasteiger partial charge in [0, 0.05) is 6.20 Å². The van der Waals surface area contributed by atoms with Crippen molar-refractivity contribution in [1.82, 2.24) is 4.98 Å². The minimum atomic E-state index is 1.01. The van der Waals surface area contributed by atoms with Crippen molar-refractivity contribution in [2.45, 2.75) is 20.3 Å². The summed E-state index contributed by atoms with van der Waals surface area (Å²) in [4.78, 5) is 4.25. The first kappa shape index (κ1) is 7.99. The van der Waals surface area contributed by atoms with E-state index in [1.54, 1.807) is 6.08 Å². The van der Waals surface area contributed by atoms with Crippen LogP contribution in [0.3, 0.4) is 0 Å². The maximum Gasteiger partial charge on any atom is 0.0655 e. The van der Waals surface area contributed by atoms with Crippen LogP contribution in [0.2, 0.25) is 0 Å². The Kier molecular flexibility index (Phi) is 2.42. The first-order valence-corrected chi connectivity index (χ1v) is 3.86. The van der Waals surface area contributed by atoms with E-state index in [0.29, 0.717) is 0 Å². The van der Waals surface area contributed by atoms with Gasteiger partial charge in [-0.25, -0.2) is 0 Å². The van der Waals surface area contributed by atoms with Crippen LogP contribution < -0.4 is 0 Å². The van der Waals surface area contributed by atoms with E-state index in [9.17, 15) is 0 Å². The van der Waals surface area contributed by atoms with Crippen molar-refractivity contribution >= 4 is 6.08 Å². The summed E-state index contributed by atoms with van der Waals surface area (Å²) >= 11 is 0. The lowest BCUT2D eigenvalue weighted by Gasteiger charge is -2.02. The predicted octanol–water partition coefficient (Wildman–Crippen LogP) is 2.60. The van der Waals surface area contributed by atoms with E-state index in [2.05, 4.69) is 31.5 Å². The smallest absolute Gasteiger partial charge is 0.0655 e. The van der Waals surface area contributed by atoms with Crippen LogP contribution in [0.5, 0.6) is 0 Å². The minimum Gasteiger partial charge on any atom is -0.256 e. The molecule has 1 nitrogen and oxygen atoms in total. The fourth-order valence-corrected chi connectivity index (χ4v) is 1.11. The zero-order valence-electron chi connectivity index (χ0n) is 7.09. The average Bonchev–Trinajstić information content (AvgIpc) is 2.04. The highest BCUT2D eigenvalue weighted by Crippen LogP contribution is 2.09. The zero-order chi connectivity index (χ0) is 8.27. The van der Waals surface area contributed by atoms with Gasteiger partial charge >= 0.3 is 0 Å². The van der Waals surface area contributed by atoms with Gasteiger partial charge in [-0.15, -0.1) is 0 Å². The van der Waals surface area contributed by atoms with Crippen LogP contribution in [0, 0.1) is 6.92 Å². The summed E-state index contributed by atoms with van der Waals surface area (Å²) in [6.45, 7) is 7.89. The van der Waals surface area contributed by atoms with E-state index in [0.717, 1.165) is 12.1 Å². The molecular weight excluding hydrogens is 134 g/mol. The Balaban J connectivity index is 3.16. The van der Waals surface area contributed by atoms with Gasteiger partial charge in [0.2, 0.25) is 0 Å². The van der Waals surface area contributed by atoms with Gasteiger partial charge in [-0.2, -0.15) is 0 Å². The summed E-state index contributed by atoms with van der Waals surface area (Å²) in [7, 11) is 0. The molecule has 0 aromatic carbocycles. The molecule has 1 heteroatoms. The van der Waals surface area contributed by atoms with Crippen molar-refractivity contribution in [3.05, 3.63) is 35.7 Å². The van der Waals surface area contributed by atoms with Crippen molar-refractivity contribution in [2.75, 3.05) is 0 Å². The first-order chi connectivity index (χ1) is 5.27. The number of nitrogens with zero attached hydrogens (tertiary/aromatic N) is 1. The number of pyridine rings is 1. The molecule has 0 aliphatic heterocycles. The summed E-state index contributed by atoms with van der Waals surface area (Å²) in [5, 5.41) is 0. The van der Waals surface area contributed by atoms with Crippen LogP contribution in [0.25, 0.3) is 6.08 Å². The standard InChI is InChI=1S/C10H13N/c1-4-9-6-8(3)7-11-10(9)5-2/h5-7H,2,4H2,1,3H3. The van der Waals surface area contributed by atoms with Crippen molar-refractivity contribution in [3.8, 4) is 0 Å². The Hall–Kier alpha value is -1.11. The summed E-state index contributed by atoms with van der Waals surface area (Å²) in [6, 6.07) is 2.16. The summed E-state index contributed by atoms with van der Waals surface area (Å²) in [5.74, 6) is 0. The van der Waals surface area contributed by atoms with Gasteiger partial charge in [-0.05, 0) is 30.5 Å². The molecule has 0 atom stereocenters. The number of hydrogen-bond donors (Lipinski definition) is 0. The molecule has 0 N–H and O–H groups in total. The normalized spacial score (nSPS) is 9.64.